The summed E-state index contributed by atoms with van der Waals surface area (Å²) in [7, 11) is 1.73. The molecular formula is C12H19N3O2. The summed E-state index contributed by atoms with van der Waals surface area (Å²) in [6.07, 6.45) is 4.27. The Balaban J connectivity index is 1.66. The zero-order valence-corrected chi connectivity index (χ0v) is 10.2. The van der Waals surface area contributed by atoms with Gasteiger partial charge in [0.15, 0.2) is 0 Å². The van der Waals surface area contributed by atoms with Crippen molar-refractivity contribution in [1.29, 1.82) is 0 Å². The summed E-state index contributed by atoms with van der Waals surface area (Å²) in [6, 6.07) is -0.245. The number of carbonyl (C=O) groups excluding carboxylic acids is 2. The fraction of sp³-hybridized carbons (Fsp3) is 0.833. The Morgan fingerprint density at radius 3 is 2.41 bits per heavy atom. The van der Waals surface area contributed by atoms with Crippen molar-refractivity contribution in [1.82, 2.24) is 15.1 Å². The predicted molar refractivity (Wildman–Crippen MR) is 62.4 cm³/mol. The number of piperidine rings is 1. The number of rotatable bonds is 2. The smallest absolute Gasteiger partial charge is 0.313 e. The number of hydrogen-bond donors (Lipinski definition) is 1. The van der Waals surface area contributed by atoms with Crippen molar-refractivity contribution in [2.45, 2.75) is 31.2 Å². The van der Waals surface area contributed by atoms with Crippen LogP contribution in [-0.2, 0) is 4.79 Å². The van der Waals surface area contributed by atoms with Gasteiger partial charge in [0.05, 0.1) is 0 Å². The lowest BCUT2D eigenvalue weighted by Crippen LogP contribution is -2.55. The number of nitrogens with one attached hydrogen (secondary N) is 1. The molecule has 2 aliphatic heterocycles. The largest absolute Gasteiger partial charge is 0.324 e. The Kier molecular flexibility index (Phi) is 2.40. The Labute approximate surface area is 101 Å². The van der Waals surface area contributed by atoms with Gasteiger partial charge in [-0.3, -0.25) is 10.1 Å². The second-order valence-corrected chi connectivity index (χ2v) is 5.59. The standard InChI is InChI=1S/C12H19N3O2/c1-14-11(17)13-10(16)12(14)4-6-15(7-5-12)8-9-2-3-9/h9H,2-8H2,1H3,(H,13,16,17). The number of hydrogen-bond acceptors (Lipinski definition) is 3. The molecule has 17 heavy (non-hydrogen) atoms. The zero-order valence-electron chi connectivity index (χ0n) is 10.2. The molecule has 3 rings (SSSR count). The summed E-state index contributed by atoms with van der Waals surface area (Å²) >= 11 is 0. The van der Waals surface area contributed by atoms with E-state index in [1.807, 2.05) is 0 Å². The van der Waals surface area contributed by atoms with Crippen LogP contribution in [0.2, 0.25) is 0 Å². The van der Waals surface area contributed by atoms with E-state index in [0.717, 1.165) is 31.8 Å². The summed E-state index contributed by atoms with van der Waals surface area (Å²) in [4.78, 5) is 27.5. The van der Waals surface area contributed by atoms with Crippen LogP contribution in [0.3, 0.4) is 0 Å². The molecule has 0 atom stereocenters. The first-order chi connectivity index (χ1) is 8.12. The van der Waals surface area contributed by atoms with E-state index in [-0.39, 0.29) is 11.9 Å². The number of carbonyl (C=O) groups is 2. The summed E-state index contributed by atoms with van der Waals surface area (Å²) in [5.74, 6) is 0.789. The van der Waals surface area contributed by atoms with Crippen molar-refractivity contribution >= 4 is 11.9 Å². The van der Waals surface area contributed by atoms with Crippen molar-refractivity contribution < 1.29 is 9.59 Å². The van der Waals surface area contributed by atoms with E-state index in [2.05, 4.69) is 10.2 Å². The molecule has 1 aliphatic carbocycles. The molecule has 3 amide bonds. The molecule has 1 N–H and O–H groups in total. The average molecular weight is 237 g/mol. The van der Waals surface area contributed by atoms with Crippen LogP contribution in [-0.4, -0.2) is 54.0 Å². The van der Waals surface area contributed by atoms with E-state index < -0.39 is 5.54 Å². The van der Waals surface area contributed by atoms with Gasteiger partial charge in [-0.1, -0.05) is 0 Å². The molecule has 1 saturated carbocycles. The quantitative estimate of drug-likeness (QED) is 0.708. The predicted octanol–water partition coefficient (Wildman–Crippen LogP) is 0.413. The van der Waals surface area contributed by atoms with Crippen LogP contribution >= 0.6 is 0 Å². The number of amides is 3. The van der Waals surface area contributed by atoms with Gasteiger partial charge in [-0.05, 0) is 31.6 Å². The fourth-order valence-corrected chi connectivity index (χ4v) is 2.98. The monoisotopic (exact) mass is 237 g/mol. The summed E-state index contributed by atoms with van der Waals surface area (Å²) in [5.41, 5.74) is -0.558. The first kappa shape index (κ1) is 11.0. The number of imide groups is 1. The minimum Gasteiger partial charge on any atom is -0.313 e. The third-order valence-corrected chi connectivity index (χ3v) is 4.49. The zero-order chi connectivity index (χ0) is 12.0. The number of likely N-dealkylation sites (tertiary alicyclic amines) is 1. The van der Waals surface area contributed by atoms with Crippen molar-refractivity contribution in [3.8, 4) is 0 Å². The molecule has 1 spiro atoms. The van der Waals surface area contributed by atoms with Gasteiger partial charge in [-0.2, -0.15) is 0 Å². The molecule has 5 nitrogen and oxygen atoms in total. The highest BCUT2D eigenvalue weighted by Gasteiger charge is 2.52. The molecule has 0 bridgehead atoms. The molecule has 3 fully saturated rings. The molecule has 0 aromatic rings. The van der Waals surface area contributed by atoms with E-state index in [9.17, 15) is 9.59 Å². The van der Waals surface area contributed by atoms with E-state index in [0.29, 0.717) is 0 Å². The van der Waals surface area contributed by atoms with Gasteiger partial charge in [-0.15, -0.1) is 0 Å². The number of urea groups is 1. The van der Waals surface area contributed by atoms with E-state index in [1.165, 1.54) is 19.4 Å². The number of likely N-dealkylation sites (N-methyl/N-ethyl adjacent to an activating group) is 1. The maximum atomic E-state index is 11.9. The average Bonchev–Trinajstić information content (AvgIpc) is 3.09. The van der Waals surface area contributed by atoms with Gasteiger partial charge in [-0.25, -0.2) is 4.79 Å². The van der Waals surface area contributed by atoms with Gasteiger partial charge < -0.3 is 9.80 Å². The topological polar surface area (TPSA) is 52.7 Å². The highest BCUT2D eigenvalue weighted by molar-refractivity contribution is 6.06. The lowest BCUT2D eigenvalue weighted by atomic mass is 9.86. The van der Waals surface area contributed by atoms with Gasteiger partial charge in [0.25, 0.3) is 5.91 Å². The van der Waals surface area contributed by atoms with Gasteiger partial charge in [0, 0.05) is 26.7 Å². The van der Waals surface area contributed by atoms with Gasteiger partial charge in [0.2, 0.25) is 0 Å². The Morgan fingerprint density at radius 1 is 1.29 bits per heavy atom. The number of nitrogens with zero attached hydrogens (tertiary/aromatic N) is 2. The van der Waals surface area contributed by atoms with Crippen LogP contribution in [0.25, 0.3) is 0 Å². The second-order valence-electron chi connectivity index (χ2n) is 5.59. The molecule has 94 valence electrons. The fourth-order valence-electron chi connectivity index (χ4n) is 2.98. The Bertz CT molecular complexity index is 357. The van der Waals surface area contributed by atoms with E-state index in [4.69, 9.17) is 0 Å². The SMILES string of the molecule is CN1C(=O)NC(=O)C12CCN(CC1CC1)CC2. The highest BCUT2D eigenvalue weighted by Crippen LogP contribution is 2.35. The van der Waals surface area contributed by atoms with Crippen molar-refractivity contribution in [2.24, 2.45) is 5.92 Å². The van der Waals surface area contributed by atoms with Crippen LogP contribution in [0.1, 0.15) is 25.7 Å². The van der Waals surface area contributed by atoms with Crippen LogP contribution in [0.15, 0.2) is 0 Å². The molecular weight excluding hydrogens is 218 g/mol. The molecule has 2 saturated heterocycles. The maximum Gasteiger partial charge on any atom is 0.324 e. The van der Waals surface area contributed by atoms with Crippen LogP contribution in [0.5, 0.6) is 0 Å². The minimum atomic E-state index is -0.558. The van der Waals surface area contributed by atoms with E-state index >= 15 is 0 Å². The first-order valence-electron chi connectivity index (χ1n) is 6.43. The maximum absolute atomic E-state index is 11.9. The van der Waals surface area contributed by atoms with Crippen molar-refractivity contribution in [2.75, 3.05) is 26.7 Å². The summed E-state index contributed by atoms with van der Waals surface area (Å²) in [6.45, 7) is 3.04. The van der Waals surface area contributed by atoms with Crippen LogP contribution < -0.4 is 5.32 Å². The van der Waals surface area contributed by atoms with Crippen LogP contribution in [0, 0.1) is 5.92 Å². The molecule has 0 aromatic heterocycles. The minimum absolute atomic E-state index is 0.101. The van der Waals surface area contributed by atoms with Crippen molar-refractivity contribution in [3.05, 3.63) is 0 Å². The molecule has 0 unspecified atom stereocenters. The summed E-state index contributed by atoms with van der Waals surface area (Å²) in [5, 5.41) is 2.42. The van der Waals surface area contributed by atoms with Gasteiger partial charge in [0.1, 0.15) is 5.54 Å². The summed E-state index contributed by atoms with van der Waals surface area (Å²) < 4.78 is 0. The lowest BCUT2D eigenvalue weighted by molar-refractivity contribution is -0.128. The molecule has 3 aliphatic rings. The van der Waals surface area contributed by atoms with Crippen LogP contribution in [0.4, 0.5) is 4.79 Å². The normalized spacial score (nSPS) is 28.9. The van der Waals surface area contributed by atoms with Gasteiger partial charge >= 0.3 is 6.03 Å². The second kappa shape index (κ2) is 3.70. The third-order valence-electron chi connectivity index (χ3n) is 4.49. The molecule has 2 heterocycles. The highest BCUT2D eigenvalue weighted by atomic mass is 16.2. The van der Waals surface area contributed by atoms with Crippen molar-refractivity contribution in [3.63, 3.8) is 0 Å². The van der Waals surface area contributed by atoms with E-state index in [1.54, 1.807) is 11.9 Å². The Hall–Kier alpha value is -1.10. The Morgan fingerprint density at radius 2 is 1.94 bits per heavy atom. The molecule has 5 heteroatoms. The first-order valence-corrected chi connectivity index (χ1v) is 6.43. The molecule has 0 aromatic carbocycles. The third kappa shape index (κ3) is 1.73. The molecule has 0 radical (unpaired) electrons. The lowest BCUT2D eigenvalue weighted by Gasteiger charge is -2.40.